The van der Waals surface area contributed by atoms with Crippen molar-refractivity contribution in [3.63, 3.8) is 0 Å². The molecule has 0 saturated carbocycles. The first-order chi connectivity index (χ1) is 13.0. The molecule has 7 heteroatoms. The van der Waals surface area contributed by atoms with E-state index in [0.29, 0.717) is 29.5 Å². The van der Waals surface area contributed by atoms with Crippen LogP contribution in [0, 0.1) is 0 Å². The van der Waals surface area contributed by atoms with E-state index in [2.05, 4.69) is 4.74 Å². The minimum Gasteiger partial charge on any atom is -0.493 e. The van der Waals surface area contributed by atoms with Crippen LogP contribution in [-0.4, -0.2) is 44.7 Å². The Balaban J connectivity index is 2.17. The molecule has 1 unspecified atom stereocenters. The van der Waals surface area contributed by atoms with Gasteiger partial charge in [0.2, 0.25) is 0 Å². The normalized spacial score (nSPS) is 15.7. The van der Waals surface area contributed by atoms with Crippen molar-refractivity contribution in [2.75, 3.05) is 27.9 Å². The molecule has 3 rings (SSSR count). The first-order valence-electron chi connectivity index (χ1n) is 8.39. The number of amides is 1. The first kappa shape index (κ1) is 19.0. The molecule has 27 heavy (non-hydrogen) atoms. The number of halogens is 1. The number of methoxy groups -OCH3 is 3. The van der Waals surface area contributed by atoms with E-state index in [4.69, 9.17) is 21.1 Å². The highest BCUT2D eigenvalue weighted by Gasteiger charge is 2.36. The highest BCUT2D eigenvalue weighted by atomic mass is 35.5. The fourth-order valence-electron chi connectivity index (χ4n) is 3.41. The van der Waals surface area contributed by atoms with Crippen LogP contribution < -0.4 is 9.47 Å². The number of nitrogens with zero attached hydrogens (tertiary/aromatic N) is 1. The Kier molecular flexibility index (Phi) is 5.56. The van der Waals surface area contributed by atoms with Gasteiger partial charge in [-0.25, -0.2) is 4.79 Å². The van der Waals surface area contributed by atoms with E-state index in [1.165, 1.54) is 12.0 Å². The topological polar surface area (TPSA) is 65.1 Å². The molecule has 1 atom stereocenters. The molecular weight excluding hydrogens is 370 g/mol. The fraction of sp³-hybridized carbons (Fsp3) is 0.300. The molecule has 0 fully saturated rings. The Morgan fingerprint density at radius 3 is 2.41 bits per heavy atom. The molecule has 0 radical (unpaired) electrons. The van der Waals surface area contributed by atoms with Crippen molar-refractivity contribution in [2.45, 2.75) is 12.5 Å². The third-order valence-corrected chi connectivity index (χ3v) is 4.89. The van der Waals surface area contributed by atoms with E-state index in [-0.39, 0.29) is 0 Å². The number of carbonyl (C=O) groups excluding carboxylic acids is 2. The lowest BCUT2D eigenvalue weighted by atomic mass is 9.87. The summed E-state index contributed by atoms with van der Waals surface area (Å²) in [7, 11) is 4.33. The predicted molar refractivity (Wildman–Crippen MR) is 100 cm³/mol. The molecule has 2 aromatic carbocycles. The highest BCUT2D eigenvalue weighted by molar-refractivity contribution is 6.32. The molecule has 0 aliphatic carbocycles. The van der Waals surface area contributed by atoms with Crippen molar-refractivity contribution in [3.05, 3.63) is 58.1 Å². The number of esters is 1. The van der Waals surface area contributed by atoms with Gasteiger partial charge in [0.15, 0.2) is 11.5 Å². The Labute approximate surface area is 162 Å². The van der Waals surface area contributed by atoms with E-state index >= 15 is 0 Å². The van der Waals surface area contributed by atoms with Gasteiger partial charge in [-0.05, 0) is 47.4 Å². The molecule has 142 valence electrons. The summed E-state index contributed by atoms with van der Waals surface area (Å²) in [6, 6.07) is 10.5. The van der Waals surface area contributed by atoms with Gasteiger partial charge < -0.3 is 19.1 Å². The molecule has 0 saturated heterocycles. The van der Waals surface area contributed by atoms with Gasteiger partial charge >= 0.3 is 11.9 Å². The zero-order valence-electron chi connectivity index (χ0n) is 15.3. The van der Waals surface area contributed by atoms with Crippen LogP contribution in [0.15, 0.2) is 36.4 Å². The number of hydrogen-bond donors (Lipinski definition) is 0. The van der Waals surface area contributed by atoms with E-state index in [1.54, 1.807) is 26.4 Å². The van der Waals surface area contributed by atoms with E-state index in [1.807, 2.05) is 24.3 Å². The summed E-state index contributed by atoms with van der Waals surface area (Å²) in [5.74, 6) is -0.418. The van der Waals surface area contributed by atoms with Crippen molar-refractivity contribution >= 4 is 23.5 Å². The second kappa shape index (κ2) is 7.88. The minimum absolute atomic E-state index is 0.369. The van der Waals surface area contributed by atoms with Gasteiger partial charge in [0.1, 0.15) is 0 Å². The SMILES string of the molecule is COC(=O)C(=O)N1CCc2cc(OC)c(OC)cc2C1c1cccc(Cl)c1. The van der Waals surface area contributed by atoms with Crippen LogP contribution in [0.5, 0.6) is 11.5 Å². The lowest BCUT2D eigenvalue weighted by Crippen LogP contribution is -2.44. The number of carbonyl (C=O) groups is 2. The fourth-order valence-corrected chi connectivity index (χ4v) is 3.60. The molecule has 1 amide bonds. The summed E-state index contributed by atoms with van der Waals surface area (Å²) in [5.41, 5.74) is 2.68. The summed E-state index contributed by atoms with van der Waals surface area (Å²) in [6.45, 7) is 0.369. The summed E-state index contributed by atoms with van der Waals surface area (Å²) in [5, 5.41) is 0.547. The molecule has 2 aromatic rings. The lowest BCUT2D eigenvalue weighted by molar-refractivity contribution is -0.159. The molecule has 0 N–H and O–H groups in total. The van der Waals surface area contributed by atoms with Crippen molar-refractivity contribution in [1.82, 2.24) is 4.90 Å². The largest absolute Gasteiger partial charge is 0.493 e. The molecule has 1 aliphatic heterocycles. The summed E-state index contributed by atoms with van der Waals surface area (Å²) in [4.78, 5) is 26.1. The van der Waals surface area contributed by atoms with Crippen molar-refractivity contribution < 1.29 is 23.8 Å². The van der Waals surface area contributed by atoms with Crippen LogP contribution in [0.4, 0.5) is 0 Å². The summed E-state index contributed by atoms with van der Waals surface area (Å²) < 4.78 is 15.5. The van der Waals surface area contributed by atoms with Crippen LogP contribution >= 0.6 is 11.6 Å². The van der Waals surface area contributed by atoms with Gasteiger partial charge in [0.05, 0.1) is 27.4 Å². The van der Waals surface area contributed by atoms with E-state index < -0.39 is 17.9 Å². The zero-order chi connectivity index (χ0) is 19.6. The Bertz CT molecular complexity index is 883. The third kappa shape index (κ3) is 3.57. The average molecular weight is 390 g/mol. The molecule has 1 aliphatic rings. The highest BCUT2D eigenvalue weighted by Crippen LogP contribution is 2.41. The monoisotopic (exact) mass is 389 g/mol. The predicted octanol–water partition coefficient (Wildman–Crippen LogP) is 3.00. The maximum atomic E-state index is 12.6. The van der Waals surface area contributed by atoms with E-state index in [9.17, 15) is 9.59 Å². The van der Waals surface area contributed by atoms with Crippen LogP contribution in [0.25, 0.3) is 0 Å². The number of ether oxygens (including phenoxy) is 3. The second-order valence-electron chi connectivity index (χ2n) is 6.10. The number of fused-ring (bicyclic) bond motifs is 1. The molecule has 6 nitrogen and oxygen atoms in total. The Morgan fingerprint density at radius 2 is 1.78 bits per heavy atom. The van der Waals surface area contributed by atoms with Gasteiger partial charge in [-0.3, -0.25) is 4.79 Å². The van der Waals surface area contributed by atoms with Gasteiger partial charge in [-0.1, -0.05) is 23.7 Å². The quantitative estimate of drug-likeness (QED) is 0.596. The number of benzene rings is 2. The Morgan fingerprint density at radius 1 is 1.07 bits per heavy atom. The standard InChI is InChI=1S/C20H20ClNO5/c1-25-16-10-12-7-8-22(19(23)20(24)27-3)18(15(12)11-17(16)26-2)13-5-4-6-14(21)9-13/h4-6,9-11,18H,7-8H2,1-3H3. The van der Waals surface area contributed by atoms with Crippen molar-refractivity contribution in [3.8, 4) is 11.5 Å². The average Bonchev–Trinajstić information content (AvgIpc) is 2.70. The van der Waals surface area contributed by atoms with Crippen molar-refractivity contribution in [1.29, 1.82) is 0 Å². The molecular formula is C20H20ClNO5. The lowest BCUT2D eigenvalue weighted by Gasteiger charge is -2.37. The maximum absolute atomic E-state index is 12.6. The van der Waals surface area contributed by atoms with Crippen LogP contribution in [-0.2, 0) is 20.7 Å². The van der Waals surface area contributed by atoms with Crippen LogP contribution in [0.3, 0.4) is 0 Å². The molecule has 0 bridgehead atoms. The summed E-state index contributed by atoms with van der Waals surface area (Å²) in [6.07, 6.45) is 0.579. The molecule has 1 heterocycles. The molecule has 0 aromatic heterocycles. The second-order valence-corrected chi connectivity index (χ2v) is 6.54. The van der Waals surface area contributed by atoms with Crippen molar-refractivity contribution in [2.24, 2.45) is 0 Å². The number of hydrogen-bond acceptors (Lipinski definition) is 5. The summed E-state index contributed by atoms with van der Waals surface area (Å²) >= 11 is 6.17. The van der Waals surface area contributed by atoms with Gasteiger partial charge in [-0.15, -0.1) is 0 Å². The Hall–Kier alpha value is -2.73. The van der Waals surface area contributed by atoms with Crippen LogP contribution in [0.2, 0.25) is 5.02 Å². The van der Waals surface area contributed by atoms with Crippen LogP contribution in [0.1, 0.15) is 22.7 Å². The molecule has 0 spiro atoms. The zero-order valence-corrected chi connectivity index (χ0v) is 16.1. The maximum Gasteiger partial charge on any atom is 0.396 e. The minimum atomic E-state index is -0.897. The van der Waals surface area contributed by atoms with Gasteiger partial charge in [0.25, 0.3) is 0 Å². The van der Waals surface area contributed by atoms with E-state index in [0.717, 1.165) is 16.7 Å². The van der Waals surface area contributed by atoms with Gasteiger partial charge in [-0.2, -0.15) is 0 Å². The first-order valence-corrected chi connectivity index (χ1v) is 8.77. The van der Waals surface area contributed by atoms with Gasteiger partial charge in [0, 0.05) is 11.6 Å². The number of rotatable bonds is 3. The smallest absolute Gasteiger partial charge is 0.396 e. The third-order valence-electron chi connectivity index (χ3n) is 4.66.